The highest BCUT2D eigenvalue weighted by atomic mass is 16.6. The molecule has 1 spiro atoms. The molecule has 6 nitrogen and oxygen atoms in total. The molecule has 2 aromatic rings. The number of alkyl carbamates (subject to hydrolysis) is 1. The predicted molar refractivity (Wildman–Crippen MR) is 92.7 cm³/mol. The fourth-order valence-corrected chi connectivity index (χ4v) is 3.83. The van der Waals surface area contributed by atoms with E-state index < -0.39 is 5.60 Å². The summed E-state index contributed by atoms with van der Waals surface area (Å²) >= 11 is 0. The van der Waals surface area contributed by atoms with E-state index in [1.54, 1.807) is 0 Å². The van der Waals surface area contributed by atoms with Crippen LogP contribution in [0, 0.1) is 13.8 Å². The van der Waals surface area contributed by atoms with Gasteiger partial charge in [-0.05, 0) is 38.3 Å². The minimum atomic E-state index is -0.466. The van der Waals surface area contributed by atoms with Gasteiger partial charge < -0.3 is 19.4 Å². The Morgan fingerprint density at radius 1 is 1.24 bits per heavy atom. The van der Waals surface area contributed by atoms with E-state index in [0.717, 1.165) is 34.9 Å². The molecular formula is C19H22N2O4. The largest absolute Gasteiger partial charge is 0.451 e. The van der Waals surface area contributed by atoms with Crippen LogP contribution in [0.2, 0.25) is 0 Å². The molecule has 1 atom stereocenters. The van der Waals surface area contributed by atoms with Gasteiger partial charge in [0.15, 0.2) is 5.76 Å². The van der Waals surface area contributed by atoms with Crippen molar-refractivity contribution < 1.29 is 18.7 Å². The predicted octanol–water partition coefficient (Wildman–Crippen LogP) is 3.15. The van der Waals surface area contributed by atoms with Crippen molar-refractivity contribution in [3.05, 3.63) is 35.1 Å². The van der Waals surface area contributed by atoms with Gasteiger partial charge in [0, 0.05) is 30.5 Å². The number of hydrogen-bond acceptors (Lipinski definition) is 4. The summed E-state index contributed by atoms with van der Waals surface area (Å²) < 4.78 is 11.4. The molecule has 2 aliphatic rings. The molecule has 2 fully saturated rings. The van der Waals surface area contributed by atoms with Crippen LogP contribution < -0.4 is 5.32 Å². The molecule has 4 rings (SSSR count). The number of likely N-dealkylation sites (tertiary alicyclic amines) is 1. The number of furan rings is 1. The smallest absolute Gasteiger partial charge is 0.407 e. The lowest BCUT2D eigenvalue weighted by atomic mass is 9.95. The molecule has 0 saturated carbocycles. The normalized spacial score (nSPS) is 23.6. The summed E-state index contributed by atoms with van der Waals surface area (Å²) in [6.45, 7) is 5.66. The highest BCUT2D eigenvalue weighted by molar-refractivity contribution is 5.99. The molecule has 2 saturated heterocycles. The molecule has 6 heteroatoms. The van der Waals surface area contributed by atoms with E-state index in [1.165, 1.54) is 0 Å². The standard InChI is InChI=1S/C19H22N2O4/c1-12-4-5-14-13(2)16(24-15(14)10-12)17(22)21-8-3-6-19(7-9-21)11-20-18(23)25-19/h4-5,10H,3,6-9,11H2,1-2H3,(H,20,23)/t19-/m1/s1. The van der Waals surface area contributed by atoms with Crippen molar-refractivity contribution in [3.8, 4) is 0 Å². The van der Waals surface area contributed by atoms with Crippen LogP contribution in [0.1, 0.15) is 40.9 Å². The number of ether oxygens (including phenoxy) is 1. The summed E-state index contributed by atoms with van der Waals surface area (Å²) in [5, 5.41) is 3.71. The Balaban J connectivity index is 1.57. The Hall–Kier alpha value is -2.50. The van der Waals surface area contributed by atoms with Gasteiger partial charge in [-0.25, -0.2) is 4.79 Å². The number of benzene rings is 1. The van der Waals surface area contributed by atoms with Gasteiger partial charge in [0.2, 0.25) is 0 Å². The zero-order valence-electron chi connectivity index (χ0n) is 14.6. The van der Waals surface area contributed by atoms with Gasteiger partial charge in [-0.1, -0.05) is 12.1 Å². The first-order valence-electron chi connectivity index (χ1n) is 8.73. The lowest BCUT2D eigenvalue weighted by Crippen LogP contribution is -2.36. The van der Waals surface area contributed by atoms with Crippen molar-refractivity contribution >= 4 is 23.0 Å². The zero-order chi connectivity index (χ0) is 17.6. The second kappa shape index (κ2) is 5.79. The topological polar surface area (TPSA) is 71.8 Å². The van der Waals surface area contributed by atoms with Crippen LogP contribution in [-0.2, 0) is 4.74 Å². The first-order chi connectivity index (χ1) is 12.0. The van der Waals surface area contributed by atoms with Crippen LogP contribution in [0.25, 0.3) is 11.0 Å². The average Bonchev–Trinajstić information content (AvgIpc) is 3.02. The molecule has 132 valence electrons. The van der Waals surface area contributed by atoms with Crippen molar-refractivity contribution in [2.75, 3.05) is 19.6 Å². The van der Waals surface area contributed by atoms with E-state index in [-0.39, 0.29) is 12.0 Å². The number of carbonyl (C=O) groups is 2. The second-order valence-electron chi connectivity index (χ2n) is 7.13. The van der Waals surface area contributed by atoms with E-state index in [2.05, 4.69) is 5.32 Å². The van der Waals surface area contributed by atoms with Crippen molar-refractivity contribution in [3.63, 3.8) is 0 Å². The number of hydrogen-bond donors (Lipinski definition) is 1. The lowest BCUT2D eigenvalue weighted by Gasteiger charge is -2.24. The fraction of sp³-hybridized carbons (Fsp3) is 0.474. The Morgan fingerprint density at radius 2 is 2.08 bits per heavy atom. The summed E-state index contributed by atoms with van der Waals surface area (Å²) in [4.78, 5) is 26.2. The van der Waals surface area contributed by atoms with E-state index in [4.69, 9.17) is 9.15 Å². The number of rotatable bonds is 1. The molecule has 0 aliphatic carbocycles. The third kappa shape index (κ3) is 2.75. The maximum Gasteiger partial charge on any atom is 0.407 e. The molecule has 0 radical (unpaired) electrons. The van der Waals surface area contributed by atoms with Gasteiger partial charge >= 0.3 is 6.09 Å². The number of carbonyl (C=O) groups excluding carboxylic acids is 2. The van der Waals surface area contributed by atoms with Crippen molar-refractivity contribution in [1.82, 2.24) is 10.2 Å². The third-order valence-electron chi connectivity index (χ3n) is 5.34. The second-order valence-corrected chi connectivity index (χ2v) is 7.13. The molecule has 2 aliphatic heterocycles. The zero-order valence-corrected chi connectivity index (χ0v) is 14.6. The van der Waals surface area contributed by atoms with E-state index in [9.17, 15) is 9.59 Å². The molecule has 2 amide bonds. The van der Waals surface area contributed by atoms with Crippen LogP contribution >= 0.6 is 0 Å². The number of nitrogens with zero attached hydrogens (tertiary/aromatic N) is 1. The molecule has 25 heavy (non-hydrogen) atoms. The van der Waals surface area contributed by atoms with Crippen LogP contribution in [0.3, 0.4) is 0 Å². The van der Waals surface area contributed by atoms with Gasteiger partial charge in [-0.2, -0.15) is 0 Å². The number of fused-ring (bicyclic) bond motifs is 1. The third-order valence-corrected chi connectivity index (χ3v) is 5.34. The first kappa shape index (κ1) is 16.0. The summed E-state index contributed by atoms with van der Waals surface area (Å²) in [5.41, 5.74) is 2.27. The Kier molecular flexibility index (Phi) is 3.71. The molecule has 1 N–H and O–H groups in total. The Morgan fingerprint density at radius 3 is 2.84 bits per heavy atom. The van der Waals surface area contributed by atoms with Gasteiger partial charge in [0.05, 0.1) is 6.54 Å². The Bertz CT molecular complexity index is 856. The highest BCUT2D eigenvalue weighted by Gasteiger charge is 2.42. The van der Waals surface area contributed by atoms with Crippen molar-refractivity contribution in [2.45, 2.75) is 38.7 Å². The molecule has 1 aromatic heterocycles. The molecule has 3 heterocycles. The maximum absolute atomic E-state index is 13.0. The van der Waals surface area contributed by atoms with Gasteiger partial charge in [-0.15, -0.1) is 0 Å². The van der Waals surface area contributed by atoms with E-state index >= 15 is 0 Å². The lowest BCUT2D eigenvalue weighted by molar-refractivity contribution is 0.0436. The van der Waals surface area contributed by atoms with Gasteiger partial charge in [-0.3, -0.25) is 4.79 Å². The minimum absolute atomic E-state index is 0.0827. The van der Waals surface area contributed by atoms with Crippen molar-refractivity contribution in [1.29, 1.82) is 0 Å². The summed E-state index contributed by atoms with van der Waals surface area (Å²) in [5.74, 6) is 0.332. The molecule has 0 bridgehead atoms. The van der Waals surface area contributed by atoms with Crippen LogP contribution in [0.5, 0.6) is 0 Å². The SMILES string of the molecule is Cc1ccc2c(C)c(C(=O)N3CCC[C@@]4(CC3)CNC(=O)O4)oc2c1. The van der Waals surface area contributed by atoms with Gasteiger partial charge in [0.1, 0.15) is 11.2 Å². The summed E-state index contributed by atoms with van der Waals surface area (Å²) in [6, 6.07) is 5.98. The maximum atomic E-state index is 13.0. The summed E-state index contributed by atoms with van der Waals surface area (Å²) in [6.07, 6.45) is 1.87. The molecule has 1 aromatic carbocycles. The highest BCUT2D eigenvalue weighted by Crippen LogP contribution is 2.31. The average molecular weight is 342 g/mol. The molecular weight excluding hydrogens is 320 g/mol. The van der Waals surface area contributed by atoms with Crippen LogP contribution in [0.4, 0.5) is 4.79 Å². The van der Waals surface area contributed by atoms with E-state index in [1.807, 2.05) is 36.9 Å². The monoisotopic (exact) mass is 342 g/mol. The summed E-state index contributed by atoms with van der Waals surface area (Å²) in [7, 11) is 0. The van der Waals surface area contributed by atoms with Crippen molar-refractivity contribution in [2.24, 2.45) is 0 Å². The minimum Gasteiger partial charge on any atom is -0.451 e. The Labute approximate surface area is 146 Å². The quantitative estimate of drug-likeness (QED) is 0.864. The van der Waals surface area contributed by atoms with E-state index in [0.29, 0.717) is 31.8 Å². The first-order valence-corrected chi connectivity index (χ1v) is 8.73. The number of amides is 2. The number of aryl methyl sites for hydroxylation is 2. The molecule has 0 unspecified atom stereocenters. The van der Waals surface area contributed by atoms with Crippen LogP contribution in [0.15, 0.2) is 22.6 Å². The fourth-order valence-electron chi connectivity index (χ4n) is 3.83. The van der Waals surface area contributed by atoms with Crippen LogP contribution in [-0.4, -0.2) is 42.1 Å². The number of nitrogens with one attached hydrogen (secondary N) is 1. The van der Waals surface area contributed by atoms with Gasteiger partial charge in [0.25, 0.3) is 5.91 Å².